The lowest BCUT2D eigenvalue weighted by molar-refractivity contribution is -0.127. The number of methoxy groups -OCH3 is 1. The van der Waals surface area contributed by atoms with Gasteiger partial charge in [-0.25, -0.2) is 0 Å². The lowest BCUT2D eigenvalue weighted by Gasteiger charge is -2.16. The zero-order chi connectivity index (χ0) is 23.7. The van der Waals surface area contributed by atoms with Crippen molar-refractivity contribution in [2.24, 2.45) is 0 Å². The molecule has 0 aliphatic carbocycles. The van der Waals surface area contributed by atoms with Gasteiger partial charge in [-0.2, -0.15) is 0 Å². The molecule has 0 atom stereocenters. The molecule has 6 nitrogen and oxygen atoms in total. The molecule has 33 heavy (non-hydrogen) atoms. The number of hydrogen-bond acceptors (Lipinski definition) is 5. The van der Waals surface area contributed by atoms with Crippen molar-refractivity contribution in [2.45, 2.75) is 20.8 Å². The molecular weight excluding hydrogens is 436 g/mol. The number of rotatable bonds is 5. The van der Waals surface area contributed by atoms with Gasteiger partial charge in [-0.15, -0.1) is 0 Å². The van der Waals surface area contributed by atoms with Crippen LogP contribution in [0.25, 0.3) is 16.8 Å². The highest BCUT2D eigenvalue weighted by Gasteiger charge is 2.36. The number of carbonyl (C=O) groups is 3. The molecule has 4 rings (SSSR count). The van der Waals surface area contributed by atoms with E-state index in [9.17, 15) is 14.4 Å². The number of hydrogen-bond donors (Lipinski definition) is 1. The summed E-state index contributed by atoms with van der Waals surface area (Å²) in [6.07, 6.45) is 1.66. The highest BCUT2D eigenvalue weighted by Crippen LogP contribution is 2.36. The number of nitrogens with one attached hydrogen (secondary N) is 1. The highest BCUT2D eigenvalue weighted by molar-refractivity contribution is 8.18. The Bertz CT molecular complexity index is 1310. The van der Waals surface area contributed by atoms with E-state index < -0.39 is 17.1 Å². The summed E-state index contributed by atoms with van der Waals surface area (Å²) >= 11 is 0.824. The van der Waals surface area contributed by atoms with Gasteiger partial charge < -0.3 is 10.1 Å². The van der Waals surface area contributed by atoms with Crippen molar-refractivity contribution in [1.29, 1.82) is 0 Å². The summed E-state index contributed by atoms with van der Waals surface area (Å²) in [5, 5.41) is 4.27. The van der Waals surface area contributed by atoms with Crippen LogP contribution in [0.2, 0.25) is 0 Å². The zero-order valence-corrected chi connectivity index (χ0v) is 19.7. The van der Waals surface area contributed by atoms with Crippen LogP contribution in [-0.2, 0) is 9.59 Å². The van der Waals surface area contributed by atoms with Crippen molar-refractivity contribution in [3.05, 3.63) is 75.7 Å². The van der Waals surface area contributed by atoms with E-state index in [0.717, 1.165) is 49.7 Å². The molecule has 1 aliphatic rings. The van der Waals surface area contributed by atoms with E-state index in [1.165, 1.54) is 0 Å². The van der Waals surface area contributed by atoms with Gasteiger partial charge in [0.1, 0.15) is 12.3 Å². The number of fused-ring (bicyclic) bond motifs is 1. The summed E-state index contributed by atoms with van der Waals surface area (Å²) in [6.45, 7) is 5.47. The maximum absolute atomic E-state index is 13.0. The van der Waals surface area contributed by atoms with Crippen LogP contribution in [0.1, 0.15) is 22.3 Å². The molecule has 0 saturated carbocycles. The topological polar surface area (TPSA) is 75.7 Å². The van der Waals surface area contributed by atoms with Crippen molar-refractivity contribution < 1.29 is 19.1 Å². The third kappa shape index (κ3) is 4.50. The van der Waals surface area contributed by atoms with Crippen LogP contribution in [0.5, 0.6) is 5.75 Å². The van der Waals surface area contributed by atoms with Crippen LogP contribution >= 0.6 is 11.8 Å². The summed E-state index contributed by atoms with van der Waals surface area (Å²) in [4.78, 5) is 39.5. The molecule has 0 radical (unpaired) electrons. The van der Waals surface area contributed by atoms with E-state index in [0.29, 0.717) is 11.4 Å². The average molecular weight is 461 g/mol. The highest BCUT2D eigenvalue weighted by atomic mass is 32.2. The number of carbonyl (C=O) groups excluding carboxylic acids is 3. The molecule has 3 amide bonds. The van der Waals surface area contributed by atoms with Crippen molar-refractivity contribution in [3.63, 3.8) is 0 Å². The first kappa shape index (κ1) is 22.6. The van der Waals surface area contributed by atoms with Gasteiger partial charge in [-0.1, -0.05) is 48.0 Å². The second kappa shape index (κ2) is 9.11. The van der Waals surface area contributed by atoms with Gasteiger partial charge in [0.15, 0.2) is 0 Å². The summed E-state index contributed by atoms with van der Waals surface area (Å²) < 4.78 is 5.49. The van der Waals surface area contributed by atoms with Gasteiger partial charge in [-0.3, -0.25) is 19.3 Å². The molecule has 0 unspecified atom stereocenters. The molecule has 1 aliphatic heterocycles. The van der Waals surface area contributed by atoms with E-state index in [1.54, 1.807) is 13.2 Å². The van der Waals surface area contributed by atoms with Gasteiger partial charge in [-0.05, 0) is 66.6 Å². The second-order valence-electron chi connectivity index (χ2n) is 7.99. The Balaban J connectivity index is 1.58. The lowest BCUT2D eigenvalue weighted by Crippen LogP contribution is -2.36. The normalized spacial score (nSPS) is 14.9. The first-order valence-corrected chi connectivity index (χ1v) is 11.3. The molecule has 0 aromatic heterocycles. The minimum Gasteiger partial charge on any atom is -0.496 e. The number of anilines is 1. The smallest absolute Gasteiger partial charge is 0.294 e. The molecule has 3 aromatic carbocycles. The maximum atomic E-state index is 13.0. The molecule has 1 N–H and O–H groups in total. The van der Waals surface area contributed by atoms with Crippen molar-refractivity contribution in [2.75, 3.05) is 19.0 Å². The molecule has 0 bridgehead atoms. The predicted octanol–water partition coefficient (Wildman–Crippen LogP) is 5.45. The molecule has 3 aromatic rings. The molecule has 1 saturated heterocycles. The van der Waals surface area contributed by atoms with Crippen molar-refractivity contribution in [1.82, 2.24) is 4.90 Å². The standard InChI is InChI=1S/C26H24N2O4S/c1-15-11-16(2)24(17(3)12-15)27-23(29)14-28-25(30)22(33-26(28)31)13-20-19-8-6-5-7-18(19)9-10-21(20)32-4/h5-13H,14H2,1-4H3,(H,27,29)/b22-13+. The van der Waals surface area contributed by atoms with E-state index in [-0.39, 0.29) is 11.4 Å². The predicted molar refractivity (Wildman–Crippen MR) is 132 cm³/mol. The zero-order valence-electron chi connectivity index (χ0n) is 18.9. The largest absolute Gasteiger partial charge is 0.496 e. The monoisotopic (exact) mass is 460 g/mol. The van der Waals surface area contributed by atoms with E-state index >= 15 is 0 Å². The quantitative estimate of drug-likeness (QED) is 0.513. The summed E-state index contributed by atoms with van der Waals surface area (Å²) in [6, 6.07) is 15.5. The molecular formula is C26H24N2O4S. The number of benzene rings is 3. The van der Waals surface area contributed by atoms with Crippen LogP contribution in [0.3, 0.4) is 0 Å². The Hall–Kier alpha value is -3.58. The van der Waals surface area contributed by atoms with Gasteiger partial charge in [0, 0.05) is 11.3 Å². The second-order valence-corrected chi connectivity index (χ2v) is 8.99. The molecule has 1 fully saturated rings. The van der Waals surface area contributed by atoms with Crippen LogP contribution < -0.4 is 10.1 Å². The van der Waals surface area contributed by atoms with Gasteiger partial charge in [0.2, 0.25) is 5.91 Å². The first-order valence-electron chi connectivity index (χ1n) is 10.5. The fraction of sp³-hybridized carbons (Fsp3) is 0.192. The Kier molecular flexibility index (Phi) is 6.24. The average Bonchev–Trinajstić information content (AvgIpc) is 3.03. The van der Waals surface area contributed by atoms with Crippen LogP contribution in [-0.4, -0.2) is 35.6 Å². The molecule has 168 valence electrons. The Morgan fingerprint density at radius 2 is 1.76 bits per heavy atom. The summed E-state index contributed by atoms with van der Waals surface area (Å²) in [7, 11) is 1.56. The third-order valence-electron chi connectivity index (χ3n) is 5.54. The minimum absolute atomic E-state index is 0.255. The van der Waals surface area contributed by atoms with Crippen LogP contribution in [0.4, 0.5) is 10.5 Å². The van der Waals surface area contributed by atoms with Crippen LogP contribution in [0, 0.1) is 20.8 Å². The molecule has 7 heteroatoms. The van der Waals surface area contributed by atoms with Crippen molar-refractivity contribution >= 4 is 51.4 Å². The SMILES string of the molecule is COc1ccc2ccccc2c1/C=C1/SC(=O)N(CC(=O)Nc2c(C)cc(C)cc2C)C1=O. The lowest BCUT2D eigenvalue weighted by atomic mass is 10.0. The number of amides is 3. The van der Waals surface area contributed by atoms with E-state index in [4.69, 9.17) is 4.74 Å². The fourth-order valence-corrected chi connectivity index (χ4v) is 4.89. The molecule has 0 spiro atoms. The number of aryl methyl sites for hydroxylation is 3. The first-order chi connectivity index (χ1) is 15.8. The number of thioether (sulfide) groups is 1. The summed E-state index contributed by atoms with van der Waals surface area (Å²) in [5.74, 6) is -0.313. The number of nitrogens with zero attached hydrogens (tertiary/aromatic N) is 1. The fourth-order valence-electron chi connectivity index (χ4n) is 4.07. The minimum atomic E-state index is -0.493. The molecule has 1 heterocycles. The van der Waals surface area contributed by atoms with E-state index in [2.05, 4.69) is 5.32 Å². The Morgan fingerprint density at radius 3 is 2.45 bits per heavy atom. The van der Waals surface area contributed by atoms with Gasteiger partial charge in [0.25, 0.3) is 11.1 Å². The van der Waals surface area contributed by atoms with Gasteiger partial charge >= 0.3 is 0 Å². The van der Waals surface area contributed by atoms with E-state index in [1.807, 2.05) is 69.3 Å². The maximum Gasteiger partial charge on any atom is 0.294 e. The number of imide groups is 1. The van der Waals surface area contributed by atoms with Crippen LogP contribution in [0.15, 0.2) is 53.4 Å². The Morgan fingerprint density at radius 1 is 1.06 bits per heavy atom. The Labute approximate surface area is 196 Å². The van der Waals surface area contributed by atoms with Crippen molar-refractivity contribution in [3.8, 4) is 5.75 Å². The number of ether oxygens (including phenoxy) is 1. The summed E-state index contributed by atoms with van der Waals surface area (Å²) in [5.41, 5.74) is 4.38. The third-order valence-corrected chi connectivity index (χ3v) is 6.45. The van der Waals surface area contributed by atoms with Gasteiger partial charge in [0.05, 0.1) is 12.0 Å².